The van der Waals surface area contributed by atoms with Gasteiger partial charge in [0.15, 0.2) is 0 Å². The lowest BCUT2D eigenvalue weighted by molar-refractivity contribution is -0.0243. The van der Waals surface area contributed by atoms with Gasteiger partial charge in [0, 0.05) is 12.1 Å². The van der Waals surface area contributed by atoms with Crippen LogP contribution >= 0.6 is 0 Å². The Morgan fingerprint density at radius 3 is 2.60 bits per heavy atom. The number of halogens is 1. The van der Waals surface area contributed by atoms with Crippen LogP contribution in [0.1, 0.15) is 23.2 Å². The predicted molar refractivity (Wildman–Crippen MR) is 90.1 cm³/mol. The molecule has 1 aliphatic rings. The van der Waals surface area contributed by atoms with Gasteiger partial charge in [-0.15, -0.1) is 0 Å². The highest BCUT2D eigenvalue weighted by Gasteiger charge is 2.34. The molecule has 2 aromatic rings. The van der Waals surface area contributed by atoms with Crippen molar-refractivity contribution in [2.24, 2.45) is 0 Å². The van der Waals surface area contributed by atoms with Crippen LogP contribution in [0.2, 0.25) is 0 Å². The highest BCUT2D eigenvalue weighted by Crippen LogP contribution is 2.29. The van der Waals surface area contributed by atoms with Crippen molar-refractivity contribution in [3.8, 4) is 11.3 Å². The largest absolute Gasteiger partial charge is 0.478 e. The first-order chi connectivity index (χ1) is 11.9. The van der Waals surface area contributed by atoms with Gasteiger partial charge in [-0.25, -0.2) is 14.2 Å². The van der Waals surface area contributed by atoms with Gasteiger partial charge >= 0.3 is 5.97 Å². The van der Waals surface area contributed by atoms with Crippen molar-refractivity contribution < 1.29 is 24.5 Å². The summed E-state index contributed by atoms with van der Waals surface area (Å²) in [5, 5.41) is 29.2. The molecule has 0 aliphatic carbocycles. The van der Waals surface area contributed by atoms with E-state index in [1.165, 1.54) is 18.2 Å². The van der Waals surface area contributed by atoms with Crippen molar-refractivity contribution in [1.29, 1.82) is 0 Å². The van der Waals surface area contributed by atoms with Crippen LogP contribution < -0.4 is 4.90 Å². The molecule has 0 radical (unpaired) electrons. The number of aromatic carboxylic acids is 1. The van der Waals surface area contributed by atoms with E-state index in [2.05, 4.69) is 4.98 Å². The smallest absolute Gasteiger partial charge is 0.339 e. The molecule has 1 unspecified atom stereocenters. The molecule has 1 aromatic carbocycles. The number of hydrogen-bond donors (Lipinski definition) is 3. The molecule has 0 amide bonds. The van der Waals surface area contributed by atoms with Crippen molar-refractivity contribution in [2.75, 3.05) is 24.6 Å². The number of β-amino-alcohol motifs (C(OH)–C–C–N with tert-alkyl or cyclic N) is 1. The molecule has 2 heterocycles. The molecule has 0 saturated carbocycles. The van der Waals surface area contributed by atoms with E-state index in [9.17, 15) is 24.5 Å². The summed E-state index contributed by atoms with van der Waals surface area (Å²) in [4.78, 5) is 17.7. The second kappa shape index (κ2) is 6.78. The van der Waals surface area contributed by atoms with Gasteiger partial charge in [-0.1, -0.05) is 0 Å². The molecule has 0 spiro atoms. The summed E-state index contributed by atoms with van der Waals surface area (Å²) in [5.41, 5.74) is -0.0816. The number of nitrogens with zero attached hydrogens (tertiary/aromatic N) is 2. The number of anilines is 1. The average molecular weight is 346 g/mol. The summed E-state index contributed by atoms with van der Waals surface area (Å²) in [6, 6.07) is 8.79. The summed E-state index contributed by atoms with van der Waals surface area (Å²) >= 11 is 0. The number of carbonyl (C=O) groups is 1. The quantitative estimate of drug-likeness (QED) is 0.783. The standard InChI is InChI=1S/C18H19FN2O4/c19-13-4-2-12(3-5-13)15-7-6-14(17(23)24)16(20-15)21-9-1-8-18(25,10-21)11-22/h2-7,22,25H,1,8-11H2,(H,23,24). The maximum absolute atomic E-state index is 13.1. The fraction of sp³-hybridized carbons (Fsp3) is 0.333. The second-order valence-corrected chi connectivity index (χ2v) is 6.29. The fourth-order valence-corrected chi connectivity index (χ4v) is 3.06. The van der Waals surface area contributed by atoms with Crippen molar-refractivity contribution in [2.45, 2.75) is 18.4 Å². The minimum atomic E-state index is -1.28. The van der Waals surface area contributed by atoms with Crippen molar-refractivity contribution >= 4 is 11.8 Å². The van der Waals surface area contributed by atoms with Crippen LogP contribution in [0.3, 0.4) is 0 Å². The summed E-state index contributed by atoms with van der Waals surface area (Å²) in [5.74, 6) is -1.25. The lowest BCUT2D eigenvalue weighted by atomic mass is 9.93. The van der Waals surface area contributed by atoms with Crippen LogP contribution in [0.5, 0.6) is 0 Å². The SMILES string of the molecule is O=C(O)c1ccc(-c2ccc(F)cc2)nc1N1CCCC(O)(CO)C1. The molecule has 1 aromatic heterocycles. The fourth-order valence-electron chi connectivity index (χ4n) is 3.06. The number of rotatable bonds is 4. The molecule has 7 heteroatoms. The van der Waals surface area contributed by atoms with E-state index in [4.69, 9.17) is 0 Å². The number of carboxylic acid groups (broad SMARTS) is 1. The zero-order valence-electron chi connectivity index (χ0n) is 13.5. The third-order valence-corrected chi connectivity index (χ3v) is 4.39. The Labute approximate surface area is 144 Å². The zero-order valence-corrected chi connectivity index (χ0v) is 13.5. The van der Waals surface area contributed by atoms with Crippen LogP contribution in [0.15, 0.2) is 36.4 Å². The molecule has 25 heavy (non-hydrogen) atoms. The highest BCUT2D eigenvalue weighted by atomic mass is 19.1. The van der Waals surface area contributed by atoms with Crippen molar-refractivity contribution in [3.63, 3.8) is 0 Å². The van der Waals surface area contributed by atoms with E-state index >= 15 is 0 Å². The molecular weight excluding hydrogens is 327 g/mol. The zero-order chi connectivity index (χ0) is 18.0. The Balaban J connectivity index is 2.02. The van der Waals surface area contributed by atoms with Crippen LogP contribution in [0.4, 0.5) is 10.2 Å². The molecule has 1 atom stereocenters. The Morgan fingerprint density at radius 1 is 1.24 bits per heavy atom. The number of aliphatic hydroxyl groups excluding tert-OH is 1. The number of hydrogen-bond acceptors (Lipinski definition) is 5. The number of aliphatic hydroxyl groups is 2. The summed E-state index contributed by atoms with van der Waals surface area (Å²) in [7, 11) is 0. The molecular formula is C18H19FN2O4. The Kier molecular flexibility index (Phi) is 4.69. The molecule has 1 fully saturated rings. The monoisotopic (exact) mass is 346 g/mol. The maximum Gasteiger partial charge on any atom is 0.339 e. The molecule has 3 N–H and O–H groups in total. The number of benzene rings is 1. The molecule has 1 aliphatic heterocycles. The van der Waals surface area contributed by atoms with E-state index in [1.807, 2.05) is 0 Å². The van der Waals surface area contributed by atoms with E-state index in [-0.39, 0.29) is 23.7 Å². The normalized spacial score (nSPS) is 20.5. The van der Waals surface area contributed by atoms with Gasteiger partial charge in [0.25, 0.3) is 0 Å². The number of carboxylic acids is 1. The average Bonchev–Trinajstić information content (AvgIpc) is 2.62. The van der Waals surface area contributed by atoms with E-state index in [0.29, 0.717) is 30.6 Å². The van der Waals surface area contributed by atoms with Crippen LogP contribution in [-0.2, 0) is 0 Å². The molecule has 132 valence electrons. The number of piperidine rings is 1. The number of aromatic nitrogens is 1. The first kappa shape index (κ1) is 17.3. The van der Waals surface area contributed by atoms with E-state index in [1.54, 1.807) is 23.1 Å². The van der Waals surface area contributed by atoms with Gasteiger partial charge in [-0.3, -0.25) is 0 Å². The lowest BCUT2D eigenvalue weighted by Crippen LogP contribution is -2.51. The third kappa shape index (κ3) is 3.62. The summed E-state index contributed by atoms with van der Waals surface area (Å²) in [6.45, 7) is 0.232. The van der Waals surface area contributed by atoms with Gasteiger partial charge in [0.05, 0.1) is 18.8 Å². The van der Waals surface area contributed by atoms with Crippen LogP contribution in [0, 0.1) is 5.82 Å². The van der Waals surface area contributed by atoms with Gasteiger partial charge < -0.3 is 20.2 Å². The van der Waals surface area contributed by atoms with Gasteiger partial charge in [0.2, 0.25) is 0 Å². The molecule has 1 saturated heterocycles. The van der Waals surface area contributed by atoms with Gasteiger partial charge in [0.1, 0.15) is 22.8 Å². The highest BCUT2D eigenvalue weighted by molar-refractivity contribution is 5.94. The maximum atomic E-state index is 13.1. The molecule has 6 nitrogen and oxygen atoms in total. The lowest BCUT2D eigenvalue weighted by Gasteiger charge is -2.39. The minimum Gasteiger partial charge on any atom is -0.478 e. The Bertz CT molecular complexity index is 781. The Morgan fingerprint density at radius 2 is 1.96 bits per heavy atom. The minimum absolute atomic E-state index is 0.0213. The first-order valence-electron chi connectivity index (χ1n) is 8.00. The van der Waals surface area contributed by atoms with Crippen molar-refractivity contribution in [1.82, 2.24) is 4.98 Å². The van der Waals surface area contributed by atoms with Crippen molar-refractivity contribution in [3.05, 3.63) is 47.8 Å². The predicted octanol–water partition coefficient (Wildman–Crippen LogP) is 1.91. The molecule has 0 bridgehead atoms. The topological polar surface area (TPSA) is 93.9 Å². The van der Waals surface area contributed by atoms with E-state index in [0.717, 1.165) is 0 Å². The second-order valence-electron chi connectivity index (χ2n) is 6.29. The Hall–Kier alpha value is -2.51. The van der Waals surface area contributed by atoms with Gasteiger partial charge in [-0.2, -0.15) is 0 Å². The summed E-state index contributed by atoms with van der Waals surface area (Å²) in [6.07, 6.45) is 1.05. The van der Waals surface area contributed by atoms with E-state index < -0.39 is 18.2 Å². The first-order valence-corrected chi connectivity index (χ1v) is 8.00. The van der Waals surface area contributed by atoms with Crippen LogP contribution in [0.25, 0.3) is 11.3 Å². The molecule has 3 rings (SSSR count). The summed E-state index contributed by atoms with van der Waals surface area (Å²) < 4.78 is 13.1. The van der Waals surface area contributed by atoms with Gasteiger partial charge in [-0.05, 0) is 49.2 Å². The number of pyridine rings is 1. The third-order valence-electron chi connectivity index (χ3n) is 4.39. The van der Waals surface area contributed by atoms with Crippen LogP contribution in [-0.4, -0.2) is 51.6 Å².